The van der Waals surface area contributed by atoms with Gasteiger partial charge in [0.25, 0.3) is 5.91 Å². The van der Waals surface area contributed by atoms with Gasteiger partial charge in [-0.3, -0.25) is 4.79 Å². The quantitative estimate of drug-likeness (QED) is 0.848. The summed E-state index contributed by atoms with van der Waals surface area (Å²) in [6.45, 7) is 1.30. The molecule has 0 aliphatic carbocycles. The standard InChI is InChI=1S/C15H18N2OS/c16-8-5-12-1-3-14(4-2-12)15(18)17-9-6-13-7-10-19-11-13/h1-4,7,10-11H,5-6,8-9,16H2,(H,17,18). The first-order valence-electron chi connectivity index (χ1n) is 6.38. The molecule has 0 unspecified atom stereocenters. The first-order valence-corrected chi connectivity index (χ1v) is 7.32. The van der Waals surface area contributed by atoms with Gasteiger partial charge in [0.05, 0.1) is 0 Å². The molecule has 1 aromatic carbocycles. The van der Waals surface area contributed by atoms with Crippen molar-refractivity contribution in [3.05, 3.63) is 57.8 Å². The molecule has 3 N–H and O–H groups in total. The number of carbonyl (C=O) groups is 1. The van der Waals surface area contributed by atoms with Crippen LogP contribution in [0.2, 0.25) is 0 Å². The van der Waals surface area contributed by atoms with Gasteiger partial charge in [-0.05, 0) is 59.5 Å². The third-order valence-electron chi connectivity index (χ3n) is 2.93. The summed E-state index contributed by atoms with van der Waals surface area (Å²) >= 11 is 1.68. The molecule has 3 nitrogen and oxygen atoms in total. The largest absolute Gasteiger partial charge is 0.352 e. The van der Waals surface area contributed by atoms with Crippen LogP contribution in [0.4, 0.5) is 0 Å². The molecule has 0 bridgehead atoms. The summed E-state index contributed by atoms with van der Waals surface area (Å²) in [5.74, 6) is -0.0190. The lowest BCUT2D eigenvalue weighted by molar-refractivity contribution is 0.0954. The fraction of sp³-hybridized carbons (Fsp3) is 0.267. The smallest absolute Gasteiger partial charge is 0.251 e. The van der Waals surface area contributed by atoms with Crippen LogP contribution in [-0.4, -0.2) is 19.0 Å². The molecule has 4 heteroatoms. The van der Waals surface area contributed by atoms with Crippen molar-refractivity contribution in [3.8, 4) is 0 Å². The van der Waals surface area contributed by atoms with Gasteiger partial charge in [0, 0.05) is 12.1 Å². The van der Waals surface area contributed by atoms with Crippen molar-refractivity contribution in [3.63, 3.8) is 0 Å². The van der Waals surface area contributed by atoms with Gasteiger partial charge in [0.15, 0.2) is 0 Å². The zero-order valence-corrected chi connectivity index (χ0v) is 11.6. The number of thiophene rings is 1. The van der Waals surface area contributed by atoms with Crippen molar-refractivity contribution < 1.29 is 4.79 Å². The van der Waals surface area contributed by atoms with E-state index < -0.39 is 0 Å². The third kappa shape index (κ3) is 4.19. The normalized spacial score (nSPS) is 10.4. The lowest BCUT2D eigenvalue weighted by Gasteiger charge is -2.05. The summed E-state index contributed by atoms with van der Waals surface area (Å²) in [5.41, 5.74) is 8.62. The van der Waals surface area contributed by atoms with Crippen molar-refractivity contribution >= 4 is 17.2 Å². The molecule has 0 aliphatic rings. The highest BCUT2D eigenvalue weighted by Gasteiger charge is 2.04. The fourth-order valence-electron chi connectivity index (χ4n) is 1.85. The summed E-state index contributed by atoms with van der Waals surface area (Å²) in [7, 11) is 0. The van der Waals surface area contributed by atoms with Crippen LogP contribution >= 0.6 is 11.3 Å². The van der Waals surface area contributed by atoms with E-state index in [1.54, 1.807) is 11.3 Å². The van der Waals surface area contributed by atoms with Gasteiger partial charge >= 0.3 is 0 Å². The van der Waals surface area contributed by atoms with Gasteiger partial charge in [0.2, 0.25) is 0 Å². The molecule has 100 valence electrons. The van der Waals surface area contributed by atoms with Crippen molar-refractivity contribution in [2.75, 3.05) is 13.1 Å². The molecule has 0 spiro atoms. The Bertz CT molecular complexity index is 505. The summed E-state index contributed by atoms with van der Waals surface area (Å²) < 4.78 is 0. The summed E-state index contributed by atoms with van der Waals surface area (Å²) in [4.78, 5) is 11.9. The summed E-state index contributed by atoms with van der Waals surface area (Å²) in [6, 6.07) is 9.70. The minimum absolute atomic E-state index is 0.0190. The SMILES string of the molecule is NCCc1ccc(C(=O)NCCc2ccsc2)cc1. The Kier molecular flexibility index (Phi) is 5.12. The minimum Gasteiger partial charge on any atom is -0.352 e. The van der Waals surface area contributed by atoms with Crippen LogP contribution in [0.5, 0.6) is 0 Å². The molecule has 0 saturated heterocycles. The monoisotopic (exact) mass is 274 g/mol. The van der Waals surface area contributed by atoms with Crippen molar-refractivity contribution in [1.29, 1.82) is 0 Å². The molecule has 0 aliphatic heterocycles. The van der Waals surface area contributed by atoms with E-state index in [2.05, 4.69) is 16.8 Å². The van der Waals surface area contributed by atoms with Gasteiger partial charge in [0.1, 0.15) is 0 Å². The highest BCUT2D eigenvalue weighted by molar-refractivity contribution is 7.07. The molecule has 0 radical (unpaired) electrons. The maximum Gasteiger partial charge on any atom is 0.251 e. The number of hydrogen-bond acceptors (Lipinski definition) is 3. The topological polar surface area (TPSA) is 55.1 Å². The maximum absolute atomic E-state index is 11.9. The highest BCUT2D eigenvalue weighted by Crippen LogP contribution is 2.07. The maximum atomic E-state index is 11.9. The molecule has 2 rings (SSSR count). The first kappa shape index (κ1) is 13.8. The lowest BCUT2D eigenvalue weighted by atomic mass is 10.1. The van der Waals surface area contributed by atoms with Crippen LogP contribution in [0.3, 0.4) is 0 Å². The van der Waals surface area contributed by atoms with Gasteiger partial charge in [-0.25, -0.2) is 0 Å². The number of nitrogens with one attached hydrogen (secondary N) is 1. The second kappa shape index (κ2) is 7.07. The van der Waals surface area contributed by atoms with E-state index in [-0.39, 0.29) is 5.91 Å². The molecule has 0 saturated carbocycles. The number of amides is 1. The zero-order chi connectivity index (χ0) is 13.5. The zero-order valence-electron chi connectivity index (χ0n) is 10.8. The Morgan fingerprint density at radius 1 is 1.11 bits per heavy atom. The number of rotatable bonds is 6. The Hall–Kier alpha value is -1.65. The molecular weight excluding hydrogens is 256 g/mol. The molecular formula is C15H18N2OS. The number of hydrogen-bond donors (Lipinski definition) is 2. The molecule has 0 atom stereocenters. The van der Waals surface area contributed by atoms with Crippen LogP contribution in [-0.2, 0) is 12.8 Å². The van der Waals surface area contributed by atoms with Crippen LogP contribution in [0.25, 0.3) is 0 Å². The van der Waals surface area contributed by atoms with E-state index >= 15 is 0 Å². The average Bonchev–Trinajstić information content (AvgIpc) is 2.93. The molecule has 1 heterocycles. The van der Waals surface area contributed by atoms with Gasteiger partial charge in [-0.2, -0.15) is 11.3 Å². The number of nitrogens with two attached hydrogens (primary N) is 1. The molecule has 1 amide bonds. The Morgan fingerprint density at radius 2 is 1.89 bits per heavy atom. The van der Waals surface area contributed by atoms with E-state index in [4.69, 9.17) is 5.73 Å². The number of carbonyl (C=O) groups excluding carboxylic acids is 1. The van der Waals surface area contributed by atoms with Crippen molar-refractivity contribution in [2.24, 2.45) is 5.73 Å². The predicted octanol–water partition coefficient (Wildman–Crippen LogP) is 2.22. The van der Waals surface area contributed by atoms with Crippen LogP contribution < -0.4 is 11.1 Å². The lowest BCUT2D eigenvalue weighted by Crippen LogP contribution is -2.25. The third-order valence-corrected chi connectivity index (χ3v) is 3.66. The fourth-order valence-corrected chi connectivity index (χ4v) is 2.55. The predicted molar refractivity (Wildman–Crippen MR) is 79.6 cm³/mol. The van der Waals surface area contributed by atoms with Crippen molar-refractivity contribution in [1.82, 2.24) is 5.32 Å². The van der Waals surface area contributed by atoms with E-state index in [1.807, 2.05) is 29.6 Å². The van der Waals surface area contributed by atoms with Gasteiger partial charge in [-0.15, -0.1) is 0 Å². The first-order chi connectivity index (χ1) is 9.29. The minimum atomic E-state index is -0.0190. The van der Waals surface area contributed by atoms with E-state index in [0.29, 0.717) is 18.7 Å². The van der Waals surface area contributed by atoms with E-state index in [0.717, 1.165) is 18.4 Å². The van der Waals surface area contributed by atoms with E-state index in [9.17, 15) is 4.79 Å². The Balaban J connectivity index is 1.82. The van der Waals surface area contributed by atoms with E-state index in [1.165, 1.54) is 5.56 Å². The van der Waals surface area contributed by atoms with Crippen LogP contribution in [0, 0.1) is 0 Å². The van der Waals surface area contributed by atoms with Crippen LogP contribution in [0.15, 0.2) is 41.1 Å². The van der Waals surface area contributed by atoms with Gasteiger partial charge < -0.3 is 11.1 Å². The number of benzene rings is 1. The average molecular weight is 274 g/mol. The van der Waals surface area contributed by atoms with Crippen molar-refractivity contribution in [2.45, 2.75) is 12.8 Å². The Morgan fingerprint density at radius 3 is 2.53 bits per heavy atom. The molecule has 2 aromatic rings. The summed E-state index contributed by atoms with van der Waals surface area (Å²) in [6.07, 6.45) is 1.72. The molecule has 0 fully saturated rings. The summed E-state index contributed by atoms with van der Waals surface area (Å²) in [5, 5.41) is 7.08. The highest BCUT2D eigenvalue weighted by atomic mass is 32.1. The Labute approximate surface area is 117 Å². The second-order valence-electron chi connectivity index (χ2n) is 4.37. The van der Waals surface area contributed by atoms with Crippen LogP contribution in [0.1, 0.15) is 21.5 Å². The molecule has 1 aromatic heterocycles. The molecule has 19 heavy (non-hydrogen) atoms. The van der Waals surface area contributed by atoms with Gasteiger partial charge in [-0.1, -0.05) is 12.1 Å². The second-order valence-corrected chi connectivity index (χ2v) is 5.15.